The van der Waals surface area contributed by atoms with Crippen LogP contribution in [0.25, 0.3) is 0 Å². The fraction of sp³-hybridized carbons (Fsp3) is 0.333. The zero-order valence-corrected chi connectivity index (χ0v) is 8.21. The topological polar surface area (TPSA) is 134 Å². The van der Waals surface area contributed by atoms with Crippen LogP contribution in [0.1, 0.15) is 0 Å². The third kappa shape index (κ3) is 3.02. The number of hydrogen-bond donors (Lipinski definition) is 2. The molecule has 14 heavy (non-hydrogen) atoms. The van der Waals surface area contributed by atoms with Crippen LogP contribution >= 0.6 is 11.9 Å². The molecule has 0 fully saturated rings. The summed E-state index contributed by atoms with van der Waals surface area (Å²) < 4.78 is 22.4. The monoisotopic (exact) mass is 239 g/mol. The molecular weight excluding hydrogens is 234 g/mol. The lowest BCUT2D eigenvalue weighted by molar-refractivity contribution is -0.124. The number of carbonyl (C=O) groups is 2. The molecule has 0 radical (unpaired) electrons. The van der Waals surface area contributed by atoms with E-state index < -0.39 is 21.4 Å². The summed E-state index contributed by atoms with van der Waals surface area (Å²) in [6.45, 7) is -0.221. The van der Waals surface area contributed by atoms with Crippen molar-refractivity contribution in [1.82, 2.24) is 9.14 Å². The van der Waals surface area contributed by atoms with Crippen LogP contribution in [-0.2, 0) is 15.0 Å². The number of nitrogens with zero attached hydrogens (tertiary/aromatic N) is 3. The van der Waals surface area contributed by atoms with Gasteiger partial charge in [-0.2, -0.15) is 13.5 Å². The minimum absolute atomic E-state index is 0.134. The Hall–Kier alpha value is -1.04. The fourth-order valence-electron chi connectivity index (χ4n) is 0.548. The van der Waals surface area contributed by atoms with E-state index >= 15 is 0 Å². The number of nitrogens with one attached hydrogen (secondary N) is 1. The highest BCUT2D eigenvalue weighted by Crippen LogP contribution is 2.11. The molecule has 0 aliphatic carbocycles. The van der Waals surface area contributed by atoms with Gasteiger partial charge in [0, 0.05) is 11.9 Å². The van der Waals surface area contributed by atoms with E-state index in [1.807, 2.05) is 0 Å². The Morgan fingerprint density at radius 1 is 1.64 bits per heavy atom. The largest absolute Gasteiger partial charge is 0.326 e. The summed E-state index contributed by atoms with van der Waals surface area (Å²) >= 11 is 0.134. The summed E-state index contributed by atoms with van der Waals surface area (Å²) in [5.74, 6) is -0.626. The second-order valence-corrected chi connectivity index (χ2v) is 4.40. The summed E-state index contributed by atoms with van der Waals surface area (Å²) in [6, 6.07) is 0. The van der Waals surface area contributed by atoms with Crippen molar-refractivity contribution in [3.05, 3.63) is 0 Å². The quantitative estimate of drug-likeness (QED) is 0.581. The maximum absolute atomic E-state index is 11.0. The standard InChI is InChI=1S/C3H5N5O4S2/c4-14(11,12)7-13-3(10)8-2(9)1-5-6-8/h7H,1H2,(H2,4,11,12). The van der Waals surface area contributed by atoms with Gasteiger partial charge in [-0.25, -0.2) is 5.14 Å². The molecule has 1 aliphatic heterocycles. The molecule has 0 aromatic carbocycles. The van der Waals surface area contributed by atoms with Gasteiger partial charge in [-0.15, -0.1) is 9.14 Å². The molecule has 0 spiro atoms. The minimum atomic E-state index is -3.98. The van der Waals surface area contributed by atoms with Crippen molar-refractivity contribution in [2.75, 3.05) is 6.54 Å². The molecule has 78 valence electrons. The van der Waals surface area contributed by atoms with Crippen molar-refractivity contribution in [1.29, 1.82) is 0 Å². The molecule has 0 bridgehead atoms. The Bertz CT molecular complexity index is 388. The zero-order valence-electron chi connectivity index (χ0n) is 6.58. The van der Waals surface area contributed by atoms with Crippen LogP contribution in [0.2, 0.25) is 0 Å². The molecule has 0 saturated carbocycles. The van der Waals surface area contributed by atoms with E-state index in [9.17, 15) is 18.0 Å². The van der Waals surface area contributed by atoms with Crippen molar-refractivity contribution in [3.8, 4) is 0 Å². The second-order valence-electron chi connectivity index (χ2n) is 2.09. The Labute approximate surface area is 83.0 Å². The average Bonchev–Trinajstić information content (AvgIpc) is 2.46. The Morgan fingerprint density at radius 2 is 2.29 bits per heavy atom. The molecule has 1 aliphatic rings. The van der Waals surface area contributed by atoms with Crippen molar-refractivity contribution in [2.24, 2.45) is 15.5 Å². The van der Waals surface area contributed by atoms with Gasteiger partial charge in [0.15, 0.2) is 0 Å². The number of amides is 2. The highest BCUT2D eigenvalue weighted by molar-refractivity contribution is 8.18. The average molecular weight is 239 g/mol. The molecule has 1 rings (SSSR count). The van der Waals surface area contributed by atoms with Gasteiger partial charge < -0.3 is 0 Å². The number of nitrogens with two attached hydrogens (primary N) is 1. The first kappa shape index (κ1) is 11.0. The van der Waals surface area contributed by atoms with Gasteiger partial charge in [-0.05, 0) is 0 Å². The number of imide groups is 1. The van der Waals surface area contributed by atoms with Crippen LogP contribution in [0, 0.1) is 0 Å². The number of rotatable bonds is 2. The van der Waals surface area contributed by atoms with Crippen LogP contribution in [0.5, 0.6) is 0 Å². The predicted molar refractivity (Wildman–Crippen MR) is 45.8 cm³/mol. The number of hydrogen-bond acceptors (Lipinski definition) is 7. The maximum Gasteiger partial charge on any atom is 0.326 e. The third-order valence-electron chi connectivity index (χ3n) is 1.01. The maximum atomic E-state index is 11.0. The minimum Gasteiger partial charge on any atom is -0.270 e. The van der Waals surface area contributed by atoms with Gasteiger partial charge in [-0.1, -0.05) is 5.22 Å². The van der Waals surface area contributed by atoms with E-state index in [2.05, 4.69) is 15.5 Å². The Morgan fingerprint density at radius 3 is 2.71 bits per heavy atom. The molecule has 0 aromatic heterocycles. The molecule has 1 heterocycles. The van der Waals surface area contributed by atoms with Crippen molar-refractivity contribution >= 4 is 33.3 Å². The SMILES string of the molecule is NS(=O)(=O)NSC(=O)N1N=NCC1=O. The van der Waals surface area contributed by atoms with E-state index in [1.165, 1.54) is 0 Å². The van der Waals surface area contributed by atoms with Crippen LogP contribution in [0.3, 0.4) is 0 Å². The molecule has 0 aromatic rings. The van der Waals surface area contributed by atoms with Gasteiger partial charge >= 0.3 is 5.24 Å². The summed E-state index contributed by atoms with van der Waals surface area (Å²) in [6.07, 6.45) is 0. The van der Waals surface area contributed by atoms with Gasteiger partial charge in [-0.3, -0.25) is 9.59 Å². The first-order valence-electron chi connectivity index (χ1n) is 3.11. The second kappa shape index (κ2) is 4.00. The molecule has 0 unspecified atom stereocenters. The molecule has 3 N–H and O–H groups in total. The molecule has 0 saturated heterocycles. The van der Waals surface area contributed by atoms with E-state index in [4.69, 9.17) is 0 Å². The van der Waals surface area contributed by atoms with E-state index in [-0.39, 0.29) is 18.5 Å². The first-order valence-corrected chi connectivity index (χ1v) is 5.47. The van der Waals surface area contributed by atoms with E-state index in [1.54, 1.807) is 4.13 Å². The van der Waals surface area contributed by atoms with Crippen molar-refractivity contribution < 1.29 is 18.0 Å². The number of carbonyl (C=O) groups excluding carboxylic acids is 2. The van der Waals surface area contributed by atoms with Crippen LogP contribution in [-0.4, -0.2) is 31.1 Å². The summed E-state index contributed by atoms with van der Waals surface area (Å²) in [4.78, 5) is 21.9. The smallest absolute Gasteiger partial charge is 0.270 e. The van der Waals surface area contributed by atoms with E-state index in [0.29, 0.717) is 5.01 Å². The molecule has 0 atom stereocenters. The lowest BCUT2D eigenvalue weighted by atomic mass is 10.6. The van der Waals surface area contributed by atoms with Crippen molar-refractivity contribution in [3.63, 3.8) is 0 Å². The zero-order chi connectivity index (χ0) is 10.8. The van der Waals surface area contributed by atoms with Gasteiger partial charge in [0.1, 0.15) is 6.54 Å². The normalized spacial score (nSPS) is 16.4. The molecule has 9 nitrogen and oxygen atoms in total. The lowest BCUT2D eigenvalue weighted by Gasteiger charge is -2.05. The Kier molecular flexibility index (Phi) is 3.15. The van der Waals surface area contributed by atoms with Gasteiger partial charge in [0.25, 0.3) is 16.1 Å². The van der Waals surface area contributed by atoms with Crippen LogP contribution < -0.4 is 9.27 Å². The summed E-state index contributed by atoms with van der Waals surface area (Å²) in [5.41, 5.74) is 0. The van der Waals surface area contributed by atoms with Crippen molar-refractivity contribution in [2.45, 2.75) is 0 Å². The van der Waals surface area contributed by atoms with E-state index in [0.717, 1.165) is 0 Å². The summed E-state index contributed by atoms with van der Waals surface area (Å²) in [7, 11) is -3.98. The molecule has 2 amide bonds. The molecule has 11 heteroatoms. The Balaban J connectivity index is 2.51. The highest BCUT2D eigenvalue weighted by atomic mass is 32.3. The van der Waals surface area contributed by atoms with Crippen LogP contribution in [0.4, 0.5) is 4.79 Å². The fourth-order valence-corrected chi connectivity index (χ4v) is 1.52. The summed E-state index contributed by atoms with van der Waals surface area (Å²) in [5, 5.41) is 10.5. The van der Waals surface area contributed by atoms with Crippen LogP contribution in [0.15, 0.2) is 10.3 Å². The molecular formula is C3H5N5O4S2. The van der Waals surface area contributed by atoms with Gasteiger partial charge in [0.2, 0.25) is 0 Å². The highest BCUT2D eigenvalue weighted by Gasteiger charge is 2.26. The lowest BCUT2D eigenvalue weighted by Crippen LogP contribution is -2.32. The van der Waals surface area contributed by atoms with Gasteiger partial charge in [0.05, 0.1) is 0 Å². The first-order chi connectivity index (χ1) is 6.40. The third-order valence-corrected chi connectivity index (χ3v) is 2.62. The predicted octanol–water partition coefficient (Wildman–Crippen LogP) is -1.24.